The number of ketones is 1. The van der Waals surface area contributed by atoms with Crippen LogP contribution in [0, 0.1) is 5.92 Å². The van der Waals surface area contributed by atoms with E-state index in [2.05, 4.69) is 0 Å². The van der Waals surface area contributed by atoms with E-state index >= 15 is 0 Å². The summed E-state index contributed by atoms with van der Waals surface area (Å²) in [6, 6.07) is 0. The van der Waals surface area contributed by atoms with Crippen molar-refractivity contribution in [3.05, 3.63) is 12.3 Å². The summed E-state index contributed by atoms with van der Waals surface area (Å²) in [7, 11) is 3.80. The number of ether oxygens (including phenoxy) is 1. The molecule has 0 amide bonds. The predicted octanol–water partition coefficient (Wildman–Crippen LogP) is 0.667. The van der Waals surface area contributed by atoms with Gasteiger partial charge in [0.1, 0.15) is 0 Å². The van der Waals surface area contributed by atoms with Crippen molar-refractivity contribution in [1.29, 1.82) is 0 Å². The van der Waals surface area contributed by atoms with Crippen LogP contribution >= 0.6 is 0 Å². The molecule has 0 saturated carbocycles. The molecule has 0 aromatic carbocycles. The molecular formula is C9H15NO2. The van der Waals surface area contributed by atoms with Gasteiger partial charge in [-0.2, -0.15) is 0 Å². The highest BCUT2D eigenvalue weighted by Crippen LogP contribution is 2.13. The van der Waals surface area contributed by atoms with Gasteiger partial charge in [0.05, 0.1) is 6.61 Å². The molecule has 0 aromatic heterocycles. The van der Waals surface area contributed by atoms with E-state index in [0.29, 0.717) is 6.61 Å². The first kappa shape index (κ1) is 9.26. The molecule has 1 rings (SSSR count). The molecule has 0 aliphatic carbocycles. The van der Waals surface area contributed by atoms with Gasteiger partial charge in [0.2, 0.25) is 0 Å². The minimum Gasteiger partial charge on any atom is -0.383 e. The summed E-state index contributed by atoms with van der Waals surface area (Å²) in [6.07, 6.45) is 4.27. The number of allylic oxidation sites excluding steroid dienone is 1. The third-order valence-corrected chi connectivity index (χ3v) is 1.87. The zero-order valence-electron chi connectivity index (χ0n) is 7.62. The minimum absolute atomic E-state index is 0.0983. The lowest BCUT2D eigenvalue weighted by Crippen LogP contribution is -2.12. The molecule has 3 heteroatoms. The van der Waals surface area contributed by atoms with Crippen LogP contribution in [-0.2, 0) is 9.53 Å². The third-order valence-electron chi connectivity index (χ3n) is 1.87. The van der Waals surface area contributed by atoms with E-state index in [0.717, 1.165) is 13.0 Å². The minimum atomic E-state index is 0.0983. The highest BCUT2D eigenvalue weighted by atomic mass is 16.5. The van der Waals surface area contributed by atoms with Gasteiger partial charge in [-0.05, 0) is 12.5 Å². The summed E-state index contributed by atoms with van der Waals surface area (Å²) < 4.78 is 5.12. The summed E-state index contributed by atoms with van der Waals surface area (Å²) in [6.45, 7) is 1.32. The Morgan fingerprint density at radius 3 is 2.83 bits per heavy atom. The summed E-state index contributed by atoms with van der Waals surface area (Å²) in [5.41, 5.74) is 0. The largest absolute Gasteiger partial charge is 0.383 e. The van der Waals surface area contributed by atoms with Crippen molar-refractivity contribution in [2.24, 2.45) is 5.92 Å². The van der Waals surface area contributed by atoms with Gasteiger partial charge in [0.15, 0.2) is 5.78 Å². The van der Waals surface area contributed by atoms with E-state index in [4.69, 9.17) is 4.74 Å². The van der Waals surface area contributed by atoms with E-state index in [1.54, 1.807) is 12.3 Å². The maximum Gasteiger partial charge on any atom is 0.162 e. The number of rotatable bonds is 3. The average Bonchev–Trinajstić information content (AvgIpc) is 2.51. The quantitative estimate of drug-likeness (QED) is 0.581. The van der Waals surface area contributed by atoms with Gasteiger partial charge >= 0.3 is 0 Å². The highest BCUT2D eigenvalue weighted by Gasteiger charge is 2.20. The van der Waals surface area contributed by atoms with Crippen molar-refractivity contribution in [2.75, 3.05) is 27.3 Å². The van der Waals surface area contributed by atoms with E-state index in [-0.39, 0.29) is 11.7 Å². The number of hydrogen-bond donors (Lipinski definition) is 0. The van der Waals surface area contributed by atoms with Crippen LogP contribution in [0.2, 0.25) is 0 Å². The molecule has 1 aliphatic heterocycles. The molecule has 1 atom stereocenters. The Morgan fingerprint density at radius 2 is 2.33 bits per heavy atom. The Labute approximate surface area is 73.0 Å². The second-order valence-electron chi connectivity index (χ2n) is 3.24. The Hall–Kier alpha value is -0.830. The Kier molecular flexibility index (Phi) is 3.29. The van der Waals surface area contributed by atoms with Crippen molar-refractivity contribution >= 4 is 5.78 Å². The lowest BCUT2D eigenvalue weighted by atomic mass is 10.0. The first-order valence-electron chi connectivity index (χ1n) is 4.16. The number of carbonyl (C=O) groups is 1. The van der Waals surface area contributed by atoms with E-state index < -0.39 is 0 Å². The van der Waals surface area contributed by atoms with Crippen LogP contribution in [0.1, 0.15) is 6.42 Å². The average molecular weight is 169 g/mol. The van der Waals surface area contributed by atoms with E-state index in [9.17, 15) is 4.79 Å². The van der Waals surface area contributed by atoms with Gasteiger partial charge in [-0.25, -0.2) is 0 Å². The van der Waals surface area contributed by atoms with Gasteiger partial charge < -0.3 is 9.64 Å². The van der Waals surface area contributed by atoms with E-state index in [1.807, 2.05) is 19.0 Å². The van der Waals surface area contributed by atoms with Crippen molar-refractivity contribution in [1.82, 2.24) is 4.90 Å². The van der Waals surface area contributed by atoms with Gasteiger partial charge in [-0.15, -0.1) is 0 Å². The molecule has 0 bridgehead atoms. The second kappa shape index (κ2) is 4.26. The Balaban J connectivity index is 2.36. The topological polar surface area (TPSA) is 29.5 Å². The van der Waals surface area contributed by atoms with Crippen LogP contribution in [0.25, 0.3) is 0 Å². The van der Waals surface area contributed by atoms with Crippen molar-refractivity contribution in [3.8, 4) is 0 Å². The van der Waals surface area contributed by atoms with Crippen molar-refractivity contribution in [3.63, 3.8) is 0 Å². The number of nitrogens with zero attached hydrogens (tertiary/aromatic N) is 1. The molecule has 0 N–H and O–H groups in total. The smallest absolute Gasteiger partial charge is 0.162 e. The monoisotopic (exact) mass is 169 g/mol. The first-order valence-corrected chi connectivity index (χ1v) is 4.16. The molecule has 1 heterocycles. The van der Waals surface area contributed by atoms with Crippen LogP contribution in [0.15, 0.2) is 12.3 Å². The summed E-state index contributed by atoms with van der Waals surface area (Å²) in [4.78, 5) is 13.2. The molecule has 0 unspecified atom stereocenters. The summed E-state index contributed by atoms with van der Waals surface area (Å²) >= 11 is 0. The standard InChI is InChI=1S/C9H15NO2/c1-10(2)5-3-9(11)8-4-6-12-7-8/h3,5,8H,4,6-7H2,1-2H3/b5-3+/t8-/m1/s1. The van der Waals surface area contributed by atoms with Gasteiger partial charge in [-0.1, -0.05) is 0 Å². The van der Waals surface area contributed by atoms with Gasteiger partial charge in [0.25, 0.3) is 0 Å². The fourth-order valence-corrected chi connectivity index (χ4v) is 1.12. The maximum absolute atomic E-state index is 11.4. The molecule has 1 fully saturated rings. The fraction of sp³-hybridized carbons (Fsp3) is 0.667. The molecule has 68 valence electrons. The van der Waals surface area contributed by atoms with Gasteiger partial charge in [0, 0.05) is 32.8 Å². The van der Waals surface area contributed by atoms with Crippen molar-refractivity contribution < 1.29 is 9.53 Å². The molecule has 1 aliphatic rings. The molecular weight excluding hydrogens is 154 g/mol. The predicted molar refractivity (Wildman–Crippen MR) is 46.8 cm³/mol. The Bertz CT molecular complexity index is 181. The van der Waals surface area contributed by atoms with Crippen LogP contribution < -0.4 is 0 Å². The van der Waals surface area contributed by atoms with Crippen LogP contribution in [0.5, 0.6) is 0 Å². The number of carbonyl (C=O) groups excluding carboxylic acids is 1. The van der Waals surface area contributed by atoms with Gasteiger partial charge in [-0.3, -0.25) is 4.79 Å². The fourth-order valence-electron chi connectivity index (χ4n) is 1.12. The highest BCUT2D eigenvalue weighted by molar-refractivity contribution is 5.91. The summed E-state index contributed by atoms with van der Waals surface area (Å²) in [5.74, 6) is 0.280. The lowest BCUT2D eigenvalue weighted by molar-refractivity contribution is -0.118. The van der Waals surface area contributed by atoms with Crippen LogP contribution in [-0.4, -0.2) is 38.0 Å². The number of hydrogen-bond acceptors (Lipinski definition) is 3. The zero-order chi connectivity index (χ0) is 8.97. The summed E-state index contributed by atoms with van der Waals surface area (Å²) in [5, 5.41) is 0. The maximum atomic E-state index is 11.4. The molecule has 0 spiro atoms. The normalized spacial score (nSPS) is 23.3. The SMILES string of the molecule is CN(C)/C=C/C(=O)[C@@H]1CCOC1. The van der Waals surface area contributed by atoms with Crippen LogP contribution in [0.3, 0.4) is 0 Å². The molecule has 1 saturated heterocycles. The first-order chi connectivity index (χ1) is 5.70. The Morgan fingerprint density at radius 1 is 1.58 bits per heavy atom. The van der Waals surface area contributed by atoms with Crippen LogP contribution in [0.4, 0.5) is 0 Å². The van der Waals surface area contributed by atoms with E-state index in [1.165, 1.54) is 0 Å². The van der Waals surface area contributed by atoms with Crippen molar-refractivity contribution in [2.45, 2.75) is 6.42 Å². The molecule has 0 radical (unpaired) electrons. The molecule has 0 aromatic rings. The lowest BCUT2D eigenvalue weighted by Gasteiger charge is -2.04. The second-order valence-corrected chi connectivity index (χ2v) is 3.24. The zero-order valence-corrected chi connectivity index (χ0v) is 7.62. The molecule has 3 nitrogen and oxygen atoms in total. The molecule has 12 heavy (non-hydrogen) atoms. The third kappa shape index (κ3) is 2.66.